The fourth-order valence-electron chi connectivity index (χ4n) is 3.11. The van der Waals surface area contributed by atoms with Gasteiger partial charge < -0.3 is 14.8 Å². The van der Waals surface area contributed by atoms with E-state index in [1.807, 2.05) is 0 Å². The fraction of sp³-hybridized carbons (Fsp3) is 0.533. The van der Waals surface area contributed by atoms with Gasteiger partial charge >= 0.3 is 6.61 Å². The zero-order chi connectivity index (χ0) is 14.8. The largest absolute Gasteiger partial charge is 0.435 e. The van der Waals surface area contributed by atoms with Crippen LogP contribution in [0.1, 0.15) is 23.2 Å². The minimum Gasteiger partial charge on any atom is -0.435 e. The zero-order valence-corrected chi connectivity index (χ0v) is 11.4. The molecule has 0 saturated carbocycles. The smallest absolute Gasteiger partial charge is 0.387 e. The van der Waals surface area contributed by atoms with E-state index in [1.165, 1.54) is 12.1 Å². The Balaban J connectivity index is 1.72. The average Bonchev–Trinajstić information content (AvgIpc) is 2.45. The standard InChI is InChI=1S/C15H17F2NO3/c16-15(17)21-13-3-1-2-9(6-13)14(19)10-4-11-7-20-8-12(5-10)18-11/h1-3,6,10-12,15,18H,4-5,7-8H2. The number of benzene rings is 1. The Hall–Kier alpha value is -1.53. The van der Waals surface area contributed by atoms with Gasteiger partial charge in [0, 0.05) is 23.6 Å². The first-order valence-corrected chi connectivity index (χ1v) is 7.04. The van der Waals surface area contributed by atoms with E-state index in [-0.39, 0.29) is 29.5 Å². The lowest BCUT2D eigenvalue weighted by atomic mass is 9.82. The van der Waals surface area contributed by atoms with Gasteiger partial charge in [0.1, 0.15) is 5.75 Å². The number of halogens is 2. The van der Waals surface area contributed by atoms with Crippen LogP contribution in [0.2, 0.25) is 0 Å². The number of carbonyl (C=O) groups is 1. The van der Waals surface area contributed by atoms with Gasteiger partial charge in [0.2, 0.25) is 0 Å². The SMILES string of the molecule is O=C(c1cccc(OC(F)F)c1)C1CC2COCC(C1)N2. The Morgan fingerprint density at radius 1 is 1.29 bits per heavy atom. The summed E-state index contributed by atoms with van der Waals surface area (Å²) in [5, 5.41) is 3.43. The van der Waals surface area contributed by atoms with Crippen LogP contribution < -0.4 is 10.1 Å². The van der Waals surface area contributed by atoms with E-state index in [1.54, 1.807) is 12.1 Å². The van der Waals surface area contributed by atoms with Crippen LogP contribution in [0.5, 0.6) is 5.75 Å². The first-order chi connectivity index (χ1) is 10.1. The second kappa shape index (κ2) is 6.07. The van der Waals surface area contributed by atoms with E-state index in [0.29, 0.717) is 18.8 Å². The van der Waals surface area contributed by atoms with E-state index in [2.05, 4.69) is 10.1 Å². The van der Waals surface area contributed by atoms with Gasteiger partial charge in [0.15, 0.2) is 5.78 Å². The van der Waals surface area contributed by atoms with Gasteiger partial charge in [-0.3, -0.25) is 4.79 Å². The number of Topliss-reactive ketones (excluding diaryl/α,β-unsaturated/α-hetero) is 1. The molecule has 2 unspecified atom stereocenters. The maximum atomic E-state index is 12.6. The van der Waals surface area contributed by atoms with Gasteiger partial charge in [-0.05, 0) is 25.0 Å². The first-order valence-electron chi connectivity index (χ1n) is 7.04. The second-order valence-electron chi connectivity index (χ2n) is 5.54. The molecule has 0 amide bonds. The number of piperidine rings is 1. The van der Waals surface area contributed by atoms with Crippen molar-refractivity contribution in [3.8, 4) is 5.75 Å². The number of hydrogen-bond acceptors (Lipinski definition) is 4. The first kappa shape index (κ1) is 14.4. The lowest BCUT2D eigenvalue weighted by molar-refractivity contribution is -0.0498. The molecule has 2 aliphatic rings. The van der Waals surface area contributed by atoms with Crippen molar-refractivity contribution >= 4 is 5.78 Å². The number of alkyl halides is 2. The van der Waals surface area contributed by atoms with Crippen LogP contribution in [0.25, 0.3) is 0 Å². The summed E-state index contributed by atoms with van der Waals surface area (Å²) in [6.45, 7) is -1.64. The lowest BCUT2D eigenvalue weighted by Gasteiger charge is -2.39. The second-order valence-corrected chi connectivity index (χ2v) is 5.54. The Morgan fingerprint density at radius 3 is 2.67 bits per heavy atom. The molecule has 1 aromatic carbocycles. The number of carbonyl (C=O) groups excluding carboxylic acids is 1. The molecular weight excluding hydrogens is 280 g/mol. The monoisotopic (exact) mass is 297 g/mol. The number of nitrogens with one attached hydrogen (secondary N) is 1. The molecule has 3 rings (SSSR count). The predicted molar refractivity (Wildman–Crippen MR) is 71.7 cm³/mol. The van der Waals surface area contributed by atoms with Crippen LogP contribution in [-0.4, -0.2) is 37.7 Å². The number of ether oxygens (including phenoxy) is 2. The molecule has 1 N–H and O–H groups in total. The van der Waals surface area contributed by atoms with Crippen LogP contribution in [0, 0.1) is 5.92 Å². The molecule has 0 aromatic heterocycles. The highest BCUT2D eigenvalue weighted by atomic mass is 19.3. The molecule has 4 nitrogen and oxygen atoms in total. The van der Waals surface area contributed by atoms with Gasteiger partial charge in [0.05, 0.1) is 13.2 Å². The maximum Gasteiger partial charge on any atom is 0.387 e. The number of morpholine rings is 1. The van der Waals surface area contributed by atoms with Crippen LogP contribution in [0.15, 0.2) is 24.3 Å². The lowest BCUT2D eigenvalue weighted by Crippen LogP contribution is -2.55. The van der Waals surface area contributed by atoms with E-state index >= 15 is 0 Å². The van der Waals surface area contributed by atoms with Crippen molar-refractivity contribution in [2.45, 2.75) is 31.5 Å². The predicted octanol–water partition coefficient (Wildman–Crippen LogP) is 2.24. The summed E-state index contributed by atoms with van der Waals surface area (Å²) in [6, 6.07) is 6.43. The maximum absolute atomic E-state index is 12.6. The highest BCUT2D eigenvalue weighted by Gasteiger charge is 2.35. The highest BCUT2D eigenvalue weighted by molar-refractivity contribution is 5.98. The number of hydrogen-bond donors (Lipinski definition) is 1. The van der Waals surface area contributed by atoms with Gasteiger partial charge in [-0.1, -0.05) is 12.1 Å². The van der Waals surface area contributed by atoms with Crippen LogP contribution in [-0.2, 0) is 4.74 Å². The molecule has 0 spiro atoms. The van der Waals surface area contributed by atoms with E-state index in [4.69, 9.17) is 4.74 Å². The van der Waals surface area contributed by atoms with Crippen molar-refractivity contribution < 1.29 is 23.0 Å². The van der Waals surface area contributed by atoms with Crippen molar-refractivity contribution in [2.75, 3.05) is 13.2 Å². The Labute approximate surface area is 121 Å². The number of fused-ring (bicyclic) bond motifs is 2. The molecule has 1 aromatic rings. The molecule has 2 atom stereocenters. The van der Waals surface area contributed by atoms with E-state index in [0.717, 1.165) is 12.8 Å². The van der Waals surface area contributed by atoms with Crippen molar-refractivity contribution in [3.05, 3.63) is 29.8 Å². The molecule has 21 heavy (non-hydrogen) atoms. The Bertz CT molecular complexity index is 511. The Kier molecular flexibility index (Phi) is 4.17. The minimum atomic E-state index is -2.88. The van der Waals surface area contributed by atoms with Gasteiger partial charge in [-0.25, -0.2) is 0 Å². The van der Waals surface area contributed by atoms with Crippen LogP contribution >= 0.6 is 0 Å². The van der Waals surface area contributed by atoms with Crippen molar-refractivity contribution in [1.29, 1.82) is 0 Å². The zero-order valence-electron chi connectivity index (χ0n) is 11.4. The van der Waals surface area contributed by atoms with Gasteiger partial charge in [-0.15, -0.1) is 0 Å². The summed E-state index contributed by atoms with van der Waals surface area (Å²) in [7, 11) is 0. The third kappa shape index (κ3) is 3.39. The quantitative estimate of drug-likeness (QED) is 0.866. The number of ketones is 1. The summed E-state index contributed by atoms with van der Waals surface area (Å²) in [5.41, 5.74) is 0.430. The molecule has 2 fully saturated rings. The summed E-state index contributed by atoms with van der Waals surface area (Å²) < 4.78 is 34.3. The van der Waals surface area contributed by atoms with E-state index in [9.17, 15) is 13.6 Å². The highest BCUT2D eigenvalue weighted by Crippen LogP contribution is 2.28. The fourth-order valence-corrected chi connectivity index (χ4v) is 3.11. The van der Waals surface area contributed by atoms with E-state index < -0.39 is 6.61 Å². The summed E-state index contributed by atoms with van der Waals surface area (Å²) >= 11 is 0. The van der Waals surface area contributed by atoms with Crippen molar-refractivity contribution in [3.63, 3.8) is 0 Å². The average molecular weight is 297 g/mol. The van der Waals surface area contributed by atoms with Crippen molar-refractivity contribution in [1.82, 2.24) is 5.32 Å². The van der Waals surface area contributed by atoms with Gasteiger partial charge in [0.25, 0.3) is 0 Å². The van der Waals surface area contributed by atoms with Gasteiger partial charge in [-0.2, -0.15) is 8.78 Å². The van der Waals surface area contributed by atoms with Crippen molar-refractivity contribution in [2.24, 2.45) is 5.92 Å². The summed E-state index contributed by atoms with van der Waals surface area (Å²) in [6.07, 6.45) is 1.44. The third-order valence-corrected chi connectivity index (χ3v) is 3.96. The molecule has 2 heterocycles. The molecule has 2 aliphatic heterocycles. The molecule has 2 saturated heterocycles. The number of rotatable bonds is 4. The minimum absolute atomic E-state index is 0.00637. The molecule has 6 heteroatoms. The summed E-state index contributed by atoms with van der Waals surface area (Å²) in [4.78, 5) is 12.6. The molecule has 0 radical (unpaired) electrons. The Morgan fingerprint density at radius 2 is 2.00 bits per heavy atom. The normalized spacial score (nSPS) is 28.4. The molecule has 0 aliphatic carbocycles. The third-order valence-electron chi connectivity index (χ3n) is 3.96. The van der Waals surface area contributed by atoms with Crippen LogP contribution in [0.3, 0.4) is 0 Å². The molecular formula is C15H17F2NO3. The molecule has 2 bridgehead atoms. The summed E-state index contributed by atoms with van der Waals surface area (Å²) in [5.74, 6) is -0.0756. The van der Waals surface area contributed by atoms with Crippen LogP contribution in [0.4, 0.5) is 8.78 Å². The molecule has 114 valence electrons. The topological polar surface area (TPSA) is 47.6 Å².